The van der Waals surface area contributed by atoms with E-state index in [1.54, 1.807) is 11.8 Å². The van der Waals surface area contributed by atoms with Crippen LogP contribution in [0.5, 0.6) is 0 Å². The largest absolute Gasteiger partial charge is 0.378 e. The Kier molecular flexibility index (Phi) is 5.90. The number of para-hydroxylation sites is 2. The molecule has 5 rings (SSSR count). The predicted octanol–water partition coefficient (Wildman–Crippen LogP) is 6.45. The zero-order valence-electron chi connectivity index (χ0n) is 19.3. The molecule has 1 heterocycles. The van der Waals surface area contributed by atoms with Crippen LogP contribution < -0.4 is 15.5 Å². The minimum atomic E-state index is -0.170. The Balaban J connectivity index is 1.54. The van der Waals surface area contributed by atoms with Gasteiger partial charge in [0.2, 0.25) is 0 Å². The van der Waals surface area contributed by atoms with Crippen molar-refractivity contribution in [3.8, 4) is 0 Å². The molecule has 0 aromatic heterocycles. The summed E-state index contributed by atoms with van der Waals surface area (Å²) >= 11 is 1.73. The highest BCUT2D eigenvalue weighted by atomic mass is 32.2. The third-order valence-electron chi connectivity index (χ3n) is 6.64. The number of allylic oxidation sites excluding steroid dienone is 1. The van der Waals surface area contributed by atoms with Crippen molar-refractivity contribution in [2.45, 2.75) is 29.7 Å². The topological polar surface area (TPSA) is 44.4 Å². The van der Waals surface area contributed by atoms with Gasteiger partial charge in [0.05, 0.1) is 17.4 Å². The second kappa shape index (κ2) is 8.99. The van der Waals surface area contributed by atoms with Crippen molar-refractivity contribution >= 4 is 34.6 Å². The van der Waals surface area contributed by atoms with Gasteiger partial charge in [-0.3, -0.25) is 4.79 Å². The van der Waals surface area contributed by atoms with Gasteiger partial charge in [0.15, 0.2) is 5.78 Å². The van der Waals surface area contributed by atoms with Gasteiger partial charge in [-0.25, -0.2) is 0 Å². The fraction of sp³-hybridized carbons (Fsp3) is 0.250. The van der Waals surface area contributed by atoms with Crippen molar-refractivity contribution in [3.05, 3.63) is 95.2 Å². The van der Waals surface area contributed by atoms with Gasteiger partial charge in [0.25, 0.3) is 0 Å². The zero-order valence-corrected chi connectivity index (χ0v) is 20.1. The number of carbonyl (C=O) groups excluding carboxylic acids is 1. The number of fused-ring (bicyclic) bond motifs is 1. The summed E-state index contributed by atoms with van der Waals surface area (Å²) in [6.45, 7) is 0. The highest BCUT2D eigenvalue weighted by Crippen LogP contribution is 2.44. The Hall–Kier alpha value is -3.18. The maximum atomic E-state index is 13.6. The molecule has 0 fully saturated rings. The molecule has 0 bridgehead atoms. The standard InChI is InChI=1S/C28H29N3OS/c1-31(2)21-12-8-18(9-13-21)20-16-25-27(26(32)17-20)28(19-10-14-22(33-3)15-11-19)30-24-7-5-4-6-23(24)29-25/h4-15,20,28-30H,16-17H2,1-3H3. The van der Waals surface area contributed by atoms with Crippen LogP contribution in [-0.4, -0.2) is 26.1 Å². The van der Waals surface area contributed by atoms with E-state index in [0.717, 1.165) is 34.6 Å². The predicted molar refractivity (Wildman–Crippen MR) is 139 cm³/mol. The molecule has 0 amide bonds. The third kappa shape index (κ3) is 4.25. The summed E-state index contributed by atoms with van der Waals surface area (Å²) in [7, 11) is 4.09. The maximum absolute atomic E-state index is 13.6. The number of hydrogen-bond donors (Lipinski definition) is 2. The Morgan fingerprint density at radius 1 is 0.848 bits per heavy atom. The second-order valence-corrected chi connectivity index (χ2v) is 9.81. The lowest BCUT2D eigenvalue weighted by atomic mass is 9.78. The number of nitrogens with one attached hydrogen (secondary N) is 2. The number of hydrogen-bond acceptors (Lipinski definition) is 5. The maximum Gasteiger partial charge on any atom is 0.163 e. The van der Waals surface area contributed by atoms with Gasteiger partial charge in [-0.05, 0) is 66.1 Å². The number of nitrogens with zero attached hydrogens (tertiary/aromatic N) is 1. The van der Waals surface area contributed by atoms with Gasteiger partial charge in [0, 0.05) is 42.4 Å². The van der Waals surface area contributed by atoms with Gasteiger partial charge in [-0.2, -0.15) is 0 Å². The molecular weight excluding hydrogens is 426 g/mol. The third-order valence-corrected chi connectivity index (χ3v) is 7.38. The van der Waals surface area contributed by atoms with E-state index in [1.807, 2.05) is 26.2 Å². The summed E-state index contributed by atoms with van der Waals surface area (Å²) in [5.41, 5.74) is 7.43. The minimum Gasteiger partial charge on any atom is -0.378 e. The molecule has 33 heavy (non-hydrogen) atoms. The van der Waals surface area contributed by atoms with E-state index in [9.17, 15) is 4.79 Å². The SMILES string of the molecule is CSc1ccc(C2Nc3ccccc3NC3=C2C(=O)CC(c2ccc(N(C)C)cc2)C3)cc1. The molecular formula is C28H29N3OS. The van der Waals surface area contributed by atoms with E-state index in [0.29, 0.717) is 6.42 Å². The van der Waals surface area contributed by atoms with Gasteiger partial charge in [-0.1, -0.05) is 36.4 Å². The molecule has 2 aliphatic rings. The Labute approximate surface area is 200 Å². The molecule has 0 spiro atoms. The number of benzene rings is 3. The zero-order chi connectivity index (χ0) is 22.9. The van der Waals surface area contributed by atoms with Crippen LogP contribution in [0.3, 0.4) is 0 Å². The van der Waals surface area contributed by atoms with E-state index in [2.05, 4.69) is 82.5 Å². The van der Waals surface area contributed by atoms with E-state index in [-0.39, 0.29) is 17.7 Å². The smallest absolute Gasteiger partial charge is 0.163 e. The van der Waals surface area contributed by atoms with Crippen LogP contribution in [0.1, 0.15) is 35.9 Å². The van der Waals surface area contributed by atoms with Crippen molar-refractivity contribution in [3.63, 3.8) is 0 Å². The number of carbonyl (C=O) groups is 1. The van der Waals surface area contributed by atoms with Crippen LogP contribution in [-0.2, 0) is 4.79 Å². The van der Waals surface area contributed by atoms with Crippen LogP contribution in [0, 0.1) is 0 Å². The second-order valence-electron chi connectivity index (χ2n) is 8.93. The van der Waals surface area contributed by atoms with Crippen LogP contribution in [0.4, 0.5) is 17.1 Å². The Morgan fingerprint density at radius 3 is 2.18 bits per heavy atom. The summed E-state index contributed by atoms with van der Waals surface area (Å²) in [6, 6.07) is 25.2. The van der Waals surface area contributed by atoms with E-state index < -0.39 is 0 Å². The van der Waals surface area contributed by atoms with Gasteiger partial charge in [-0.15, -0.1) is 11.8 Å². The molecule has 3 aromatic carbocycles. The summed E-state index contributed by atoms with van der Waals surface area (Å²) in [6.07, 6.45) is 3.42. The Bertz CT molecular complexity index is 1200. The monoisotopic (exact) mass is 455 g/mol. The van der Waals surface area contributed by atoms with Crippen molar-refractivity contribution in [2.75, 3.05) is 35.9 Å². The molecule has 4 nitrogen and oxygen atoms in total. The van der Waals surface area contributed by atoms with E-state index >= 15 is 0 Å². The number of rotatable bonds is 4. The molecule has 2 N–H and O–H groups in total. The number of ketones is 1. The van der Waals surface area contributed by atoms with Crippen molar-refractivity contribution < 1.29 is 4.79 Å². The first kappa shape index (κ1) is 21.7. The molecule has 2 atom stereocenters. The van der Waals surface area contributed by atoms with Crippen molar-refractivity contribution in [1.82, 2.24) is 0 Å². The fourth-order valence-electron chi connectivity index (χ4n) is 4.82. The molecule has 3 aromatic rings. The molecule has 1 aliphatic carbocycles. The highest BCUT2D eigenvalue weighted by Gasteiger charge is 2.36. The summed E-state index contributed by atoms with van der Waals surface area (Å²) < 4.78 is 0. The average molecular weight is 456 g/mol. The molecule has 1 aliphatic heterocycles. The Morgan fingerprint density at radius 2 is 1.52 bits per heavy atom. The van der Waals surface area contributed by atoms with Crippen molar-refractivity contribution in [1.29, 1.82) is 0 Å². The fourth-order valence-corrected chi connectivity index (χ4v) is 5.23. The number of thioether (sulfide) groups is 1. The number of anilines is 3. The van der Waals surface area contributed by atoms with Gasteiger partial charge in [0.1, 0.15) is 0 Å². The molecule has 0 saturated carbocycles. The molecule has 168 valence electrons. The van der Waals surface area contributed by atoms with Crippen molar-refractivity contribution in [2.24, 2.45) is 0 Å². The molecule has 0 saturated heterocycles. The van der Waals surface area contributed by atoms with Crippen LogP contribution in [0.2, 0.25) is 0 Å². The first-order valence-electron chi connectivity index (χ1n) is 11.3. The minimum absolute atomic E-state index is 0.170. The summed E-state index contributed by atoms with van der Waals surface area (Å²) in [5, 5.41) is 7.29. The van der Waals surface area contributed by atoms with Gasteiger partial charge >= 0.3 is 0 Å². The molecule has 0 radical (unpaired) electrons. The lowest BCUT2D eigenvalue weighted by molar-refractivity contribution is -0.116. The van der Waals surface area contributed by atoms with Crippen LogP contribution >= 0.6 is 11.8 Å². The summed E-state index contributed by atoms with van der Waals surface area (Å²) in [5.74, 6) is 0.384. The van der Waals surface area contributed by atoms with Crippen LogP contribution in [0.15, 0.2) is 89.0 Å². The average Bonchev–Trinajstić information content (AvgIpc) is 3.01. The highest BCUT2D eigenvalue weighted by molar-refractivity contribution is 7.98. The van der Waals surface area contributed by atoms with Gasteiger partial charge < -0.3 is 15.5 Å². The molecule has 2 unspecified atom stereocenters. The normalized spacial score (nSPS) is 19.7. The number of Topliss-reactive ketones (excluding diaryl/α,β-unsaturated/α-hetero) is 1. The first-order valence-corrected chi connectivity index (χ1v) is 12.6. The lowest BCUT2D eigenvalue weighted by Gasteiger charge is -2.30. The summed E-state index contributed by atoms with van der Waals surface area (Å²) in [4.78, 5) is 17.0. The van der Waals surface area contributed by atoms with Crippen LogP contribution in [0.25, 0.3) is 0 Å². The quantitative estimate of drug-likeness (QED) is 0.442. The lowest BCUT2D eigenvalue weighted by Crippen LogP contribution is -2.26. The molecule has 5 heteroatoms. The van der Waals surface area contributed by atoms with E-state index in [1.165, 1.54) is 16.1 Å². The first-order chi connectivity index (χ1) is 16.0. The van der Waals surface area contributed by atoms with E-state index in [4.69, 9.17) is 0 Å².